The van der Waals surface area contributed by atoms with E-state index in [0.29, 0.717) is 6.54 Å². The molecular formula is C23H29N5O2. The molecule has 1 saturated carbocycles. The van der Waals surface area contributed by atoms with Gasteiger partial charge in [-0.1, -0.05) is 6.07 Å². The van der Waals surface area contributed by atoms with E-state index in [0.717, 1.165) is 80.7 Å². The Bertz CT molecular complexity index is 948. The van der Waals surface area contributed by atoms with Crippen molar-refractivity contribution in [3.63, 3.8) is 0 Å². The molecule has 5 rings (SSSR count). The zero-order chi connectivity index (χ0) is 20.6. The number of hydrogen-bond acceptors (Lipinski definition) is 7. The second-order valence-electron chi connectivity index (χ2n) is 8.62. The van der Waals surface area contributed by atoms with Crippen molar-refractivity contribution in [2.24, 2.45) is 4.99 Å². The smallest absolute Gasteiger partial charge is 0.132 e. The molecule has 1 aromatic heterocycles. The summed E-state index contributed by atoms with van der Waals surface area (Å²) in [6.07, 6.45) is 3.91. The highest BCUT2D eigenvalue weighted by Crippen LogP contribution is 2.40. The second-order valence-corrected chi connectivity index (χ2v) is 8.62. The van der Waals surface area contributed by atoms with Crippen LogP contribution in [0.1, 0.15) is 36.6 Å². The van der Waals surface area contributed by atoms with Crippen molar-refractivity contribution in [3.8, 4) is 5.75 Å². The number of ether oxygens (including phenoxy) is 2. The Morgan fingerprint density at radius 1 is 1.07 bits per heavy atom. The highest BCUT2D eigenvalue weighted by Gasteiger charge is 2.40. The highest BCUT2D eigenvalue weighted by molar-refractivity contribution is 6.14. The van der Waals surface area contributed by atoms with Crippen LogP contribution in [0.2, 0.25) is 0 Å². The van der Waals surface area contributed by atoms with Crippen molar-refractivity contribution in [2.75, 3.05) is 51.3 Å². The molecule has 30 heavy (non-hydrogen) atoms. The Kier molecular flexibility index (Phi) is 5.16. The van der Waals surface area contributed by atoms with Crippen molar-refractivity contribution in [3.05, 3.63) is 47.4 Å². The van der Waals surface area contributed by atoms with Gasteiger partial charge in [0.1, 0.15) is 23.5 Å². The first-order valence-electron chi connectivity index (χ1n) is 10.8. The third kappa shape index (κ3) is 4.04. The minimum atomic E-state index is 0.0115. The lowest BCUT2D eigenvalue weighted by atomic mass is 10.0. The van der Waals surface area contributed by atoms with Crippen LogP contribution in [0.15, 0.2) is 35.6 Å². The minimum absolute atomic E-state index is 0.0115. The van der Waals surface area contributed by atoms with E-state index in [1.54, 1.807) is 13.4 Å². The fourth-order valence-electron chi connectivity index (χ4n) is 4.08. The number of aliphatic imine (C=N–C) groups is 1. The van der Waals surface area contributed by atoms with Crippen LogP contribution in [0.25, 0.3) is 0 Å². The number of hydrogen-bond donors (Lipinski definition) is 0. The van der Waals surface area contributed by atoms with Crippen molar-refractivity contribution >= 4 is 11.5 Å². The molecular weight excluding hydrogens is 378 g/mol. The second kappa shape index (κ2) is 7.96. The third-order valence-corrected chi connectivity index (χ3v) is 6.27. The number of aromatic nitrogens is 2. The molecule has 7 heteroatoms. The molecule has 2 aliphatic heterocycles. The van der Waals surface area contributed by atoms with E-state index in [2.05, 4.69) is 51.0 Å². The van der Waals surface area contributed by atoms with E-state index in [9.17, 15) is 0 Å². The Labute approximate surface area is 177 Å². The number of benzene rings is 1. The maximum atomic E-state index is 6.17. The fourth-order valence-corrected chi connectivity index (χ4v) is 4.08. The summed E-state index contributed by atoms with van der Waals surface area (Å²) < 4.78 is 11.4. The first-order chi connectivity index (χ1) is 14.6. The normalized spacial score (nSPS) is 20.1. The Hall–Kier alpha value is -2.51. The fraction of sp³-hybridized carbons (Fsp3) is 0.522. The van der Waals surface area contributed by atoms with Crippen LogP contribution in [0.4, 0.5) is 5.82 Å². The van der Waals surface area contributed by atoms with Gasteiger partial charge in [0, 0.05) is 51.5 Å². The lowest BCUT2D eigenvalue weighted by Crippen LogP contribution is -2.47. The molecule has 1 aromatic carbocycles. The summed E-state index contributed by atoms with van der Waals surface area (Å²) in [5.74, 6) is 1.89. The molecule has 1 saturated heterocycles. The van der Waals surface area contributed by atoms with Gasteiger partial charge in [-0.05, 0) is 37.5 Å². The predicted octanol–water partition coefficient (Wildman–Crippen LogP) is 2.53. The van der Waals surface area contributed by atoms with E-state index in [1.807, 2.05) is 0 Å². The average Bonchev–Trinajstić information content (AvgIpc) is 3.35. The lowest BCUT2D eigenvalue weighted by Gasteiger charge is -2.35. The van der Waals surface area contributed by atoms with Crippen molar-refractivity contribution < 1.29 is 9.47 Å². The van der Waals surface area contributed by atoms with Gasteiger partial charge < -0.3 is 14.4 Å². The van der Waals surface area contributed by atoms with Crippen molar-refractivity contribution in [2.45, 2.75) is 31.9 Å². The summed E-state index contributed by atoms with van der Waals surface area (Å²) in [5, 5.41) is 0. The molecule has 0 spiro atoms. The molecule has 0 radical (unpaired) electrons. The molecule has 3 heterocycles. The van der Waals surface area contributed by atoms with Crippen LogP contribution in [-0.4, -0.2) is 72.6 Å². The van der Waals surface area contributed by atoms with Gasteiger partial charge >= 0.3 is 0 Å². The van der Waals surface area contributed by atoms with Crippen LogP contribution < -0.4 is 9.64 Å². The highest BCUT2D eigenvalue weighted by atomic mass is 16.5. The lowest BCUT2D eigenvalue weighted by molar-refractivity contribution is 0.144. The Morgan fingerprint density at radius 3 is 2.67 bits per heavy atom. The number of methoxy groups -OCH3 is 1. The molecule has 2 aromatic rings. The van der Waals surface area contributed by atoms with E-state index >= 15 is 0 Å². The molecule has 7 nitrogen and oxygen atoms in total. The first-order valence-corrected chi connectivity index (χ1v) is 10.8. The monoisotopic (exact) mass is 407 g/mol. The largest absolute Gasteiger partial charge is 0.488 e. The number of rotatable bonds is 7. The van der Waals surface area contributed by atoms with Crippen molar-refractivity contribution in [1.29, 1.82) is 0 Å². The molecule has 1 aliphatic carbocycles. The SMILES string of the molecule is COCCN1CCN(c2cc(C3=NCc4ccc(OC5(C)CC5)cc43)ncn2)CC1. The average molecular weight is 408 g/mol. The van der Waals surface area contributed by atoms with E-state index in [4.69, 9.17) is 14.5 Å². The number of nitrogens with zero attached hydrogens (tertiary/aromatic N) is 5. The first kappa shape index (κ1) is 19.5. The van der Waals surface area contributed by atoms with Gasteiger partial charge in [-0.2, -0.15) is 0 Å². The Morgan fingerprint density at radius 2 is 1.90 bits per heavy atom. The van der Waals surface area contributed by atoms with Gasteiger partial charge in [0.25, 0.3) is 0 Å². The molecule has 0 unspecified atom stereocenters. The maximum Gasteiger partial charge on any atom is 0.132 e. The van der Waals surface area contributed by atoms with Crippen LogP contribution in [0.3, 0.4) is 0 Å². The molecule has 3 aliphatic rings. The van der Waals surface area contributed by atoms with Gasteiger partial charge in [-0.15, -0.1) is 0 Å². The summed E-state index contributed by atoms with van der Waals surface area (Å²) in [6.45, 7) is 8.58. The zero-order valence-corrected chi connectivity index (χ0v) is 17.8. The number of anilines is 1. The van der Waals surface area contributed by atoms with Gasteiger partial charge in [-0.3, -0.25) is 9.89 Å². The molecule has 158 valence electrons. The maximum absolute atomic E-state index is 6.17. The zero-order valence-electron chi connectivity index (χ0n) is 17.8. The van der Waals surface area contributed by atoms with Gasteiger partial charge in [0.2, 0.25) is 0 Å². The minimum Gasteiger partial charge on any atom is -0.488 e. The molecule has 0 amide bonds. The number of piperazine rings is 1. The summed E-state index contributed by atoms with van der Waals surface area (Å²) in [7, 11) is 1.75. The Balaban J connectivity index is 1.32. The van der Waals surface area contributed by atoms with Gasteiger partial charge in [-0.25, -0.2) is 9.97 Å². The van der Waals surface area contributed by atoms with Crippen LogP contribution in [-0.2, 0) is 11.3 Å². The van der Waals surface area contributed by atoms with Gasteiger partial charge in [0.15, 0.2) is 0 Å². The summed E-state index contributed by atoms with van der Waals surface area (Å²) >= 11 is 0. The number of fused-ring (bicyclic) bond motifs is 1. The predicted molar refractivity (Wildman–Crippen MR) is 117 cm³/mol. The summed E-state index contributed by atoms with van der Waals surface area (Å²) in [4.78, 5) is 18.6. The quantitative estimate of drug-likeness (QED) is 0.703. The van der Waals surface area contributed by atoms with E-state index in [-0.39, 0.29) is 5.60 Å². The van der Waals surface area contributed by atoms with Crippen LogP contribution in [0, 0.1) is 0 Å². The van der Waals surface area contributed by atoms with Crippen molar-refractivity contribution in [1.82, 2.24) is 14.9 Å². The summed E-state index contributed by atoms with van der Waals surface area (Å²) in [5.41, 5.74) is 4.20. The standard InChI is InChI=1S/C23H29N5O2/c1-23(5-6-23)30-18-4-3-17-15-24-22(19(17)13-18)20-14-21(26-16-25-20)28-9-7-27(8-10-28)11-12-29-2/h3-4,13-14,16H,5-12,15H2,1-2H3. The topological polar surface area (TPSA) is 63.1 Å². The van der Waals surface area contributed by atoms with Crippen LogP contribution in [0.5, 0.6) is 5.75 Å². The van der Waals surface area contributed by atoms with Crippen LogP contribution >= 0.6 is 0 Å². The molecule has 2 fully saturated rings. The van der Waals surface area contributed by atoms with E-state index in [1.165, 1.54) is 5.56 Å². The third-order valence-electron chi connectivity index (χ3n) is 6.27. The van der Waals surface area contributed by atoms with E-state index < -0.39 is 0 Å². The molecule has 0 N–H and O–H groups in total. The summed E-state index contributed by atoms with van der Waals surface area (Å²) in [6, 6.07) is 8.40. The van der Waals surface area contributed by atoms with Gasteiger partial charge in [0.05, 0.1) is 24.6 Å². The molecule has 0 atom stereocenters. The molecule has 0 bridgehead atoms.